The lowest BCUT2D eigenvalue weighted by Gasteiger charge is -2.26. The summed E-state index contributed by atoms with van der Waals surface area (Å²) in [6.07, 6.45) is -5.62. The average molecular weight is 461 g/mol. The predicted molar refractivity (Wildman–Crippen MR) is 102 cm³/mol. The van der Waals surface area contributed by atoms with Gasteiger partial charge in [-0.05, 0) is 42.5 Å². The van der Waals surface area contributed by atoms with E-state index in [2.05, 4.69) is 0 Å². The van der Waals surface area contributed by atoms with Gasteiger partial charge in [0.25, 0.3) is 0 Å². The SMILES string of the molecule is N#Cc1cc(C(F)(F)F)ccc1[S+]([O-])N1C[C@H](Oc2ccc(Cl)cc2)C(O)(CO)C1. The summed E-state index contributed by atoms with van der Waals surface area (Å²) in [4.78, 5) is -0.127. The molecule has 0 bridgehead atoms. The second kappa shape index (κ2) is 8.63. The molecule has 1 fully saturated rings. The molecule has 0 saturated carbocycles. The molecular formula is C19H16ClF3N2O4S. The zero-order valence-electron chi connectivity index (χ0n) is 15.3. The van der Waals surface area contributed by atoms with Gasteiger partial charge >= 0.3 is 6.18 Å². The number of hydrogen-bond acceptors (Lipinski definition) is 6. The summed E-state index contributed by atoms with van der Waals surface area (Å²) in [5.41, 5.74) is -3.19. The van der Waals surface area contributed by atoms with Crippen LogP contribution in [0.2, 0.25) is 5.02 Å². The summed E-state index contributed by atoms with van der Waals surface area (Å²) >= 11 is 3.76. The highest BCUT2D eigenvalue weighted by molar-refractivity contribution is 7.89. The van der Waals surface area contributed by atoms with Crippen molar-refractivity contribution in [3.63, 3.8) is 0 Å². The van der Waals surface area contributed by atoms with Gasteiger partial charge in [0.2, 0.25) is 0 Å². The van der Waals surface area contributed by atoms with Crippen molar-refractivity contribution in [2.24, 2.45) is 0 Å². The average Bonchev–Trinajstić information content (AvgIpc) is 3.05. The third kappa shape index (κ3) is 4.67. The fourth-order valence-corrected chi connectivity index (χ4v) is 4.51. The monoisotopic (exact) mass is 460 g/mol. The fraction of sp³-hybridized carbons (Fsp3) is 0.316. The van der Waals surface area contributed by atoms with Crippen LogP contribution in [-0.2, 0) is 17.5 Å². The van der Waals surface area contributed by atoms with Gasteiger partial charge in [-0.15, -0.1) is 4.31 Å². The first-order valence-corrected chi connectivity index (χ1v) is 10.1. The van der Waals surface area contributed by atoms with Crippen LogP contribution >= 0.6 is 11.6 Å². The van der Waals surface area contributed by atoms with Crippen molar-refractivity contribution in [1.82, 2.24) is 4.31 Å². The van der Waals surface area contributed by atoms with Crippen molar-refractivity contribution >= 4 is 23.0 Å². The van der Waals surface area contributed by atoms with Gasteiger partial charge in [0, 0.05) is 5.02 Å². The summed E-state index contributed by atoms with van der Waals surface area (Å²) in [7, 11) is 0. The molecule has 2 aromatic carbocycles. The lowest BCUT2D eigenvalue weighted by molar-refractivity contribution is -0.137. The van der Waals surface area contributed by atoms with E-state index in [0.29, 0.717) is 16.8 Å². The third-order valence-corrected chi connectivity index (χ3v) is 6.37. The number of nitrogens with zero attached hydrogens (tertiary/aromatic N) is 2. The number of nitriles is 1. The lowest BCUT2D eigenvalue weighted by atomic mass is 10.0. The Morgan fingerprint density at radius 1 is 1.30 bits per heavy atom. The predicted octanol–water partition coefficient (Wildman–Crippen LogP) is 2.74. The Morgan fingerprint density at radius 3 is 2.53 bits per heavy atom. The van der Waals surface area contributed by atoms with Crippen LogP contribution in [0.5, 0.6) is 5.75 Å². The molecular weight excluding hydrogens is 445 g/mol. The summed E-state index contributed by atoms with van der Waals surface area (Å²) in [6.45, 7) is -1.07. The Morgan fingerprint density at radius 2 is 1.97 bits per heavy atom. The van der Waals surface area contributed by atoms with E-state index in [1.807, 2.05) is 0 Å². The Balaban J connectivity index is 1.84. The summed E-state index contributed by atoms with van der Waals surface area (Å²) in [6, 6.07) is 10.2. The van der Waals surface area contributed by atoms with Gasteiger partial charge in [-0.25, -0.2) is 0 Å². The number of rotatable bonds is 5. The molecule has 2 N–H and O–H groups in total. The largest absolute Gasteiger partial charge is 0.593 e. The van der Waals surface area contributed by atoms with Crippen LogP contribution in [0.1, 0.15) is 11.1 Å². The van der Waals surface area contributed by atoms with E-state index in [1.54, 1.807) is 30.3 Å². The van der Waals surface area contributed by atoms with E-state index in [-0.39, 0.29) is 18.0 Å². The maximum Gasteiger partial charge on any atom is 0.416 e. The first kappa shape index (κ1) is 22.7. The van der Waals surface area contributed by atoms with Crippen LogP contribution in [0.25, 0.3) is 0 Å². The van der Waals surface area contributed by atoms with E-state index >= 15 is 0 Å². The zero-order chi connectivity index (χ0) is 22.1. The van der Waals surface area contributed by atoms with E-state index in [9.17, 15) is 33.2 Å². The van der Waals surface area contributed by atoms with Crippen molar-refractivity contribution in [2.75, 3.05) is 19.7 Å². The van der Waals surface area contributed by atoms with Crippen molar-refractivity contribution in [1.29, 1.82) is 5.26 Å². The number of halogens is 4. The first-order valence-electron chi connectivity index (χ1n) is 8.61. The molecule has 6 nitrogen and oxygen atoms in total. The quantitative estimate of drug-likeness (QED) is 0.666. The number of benzene rings is 2. The van der Waals surface area contributed by atoms with Crippen molar-refractivity contribution in [3.05, 3.63) is 58.6 Å². The molecule has 3 rings (SSSR count). The van der Waals surface area contributed by atoms with Crippen LogP contribution in [-0.4, -0.2) is 50.5 Å². The van der Waals surface area contributed by atoms with Gasteiger partial charge in [-0.1, -0.05) is 11.6 Å². The molecule has 0 radical (unpaired) electrons. The number of hydrogen-bond donors (Lipinski definition) is 2. The van der Waals surface area contributed by atoms with Crippen LogP contribution in [0.4, 0.5) is 13.2 Å². The van der Waals surface area contributed by atoms with E-state index in [4.69, 9.17) is 16.3 Å². The summed E-state index contributed by atoms with van der Waals surface area (Å²) in [5, 5.41) is 30.1. The smallest absolute Gasteiger partial charge is 0.416 e. The van der Waals surface area contributed by atoms with Gasteiger partial charge in [0.05, 0.1) is 36.6 Å². The number of aliphatic hydroxyl groups excluding tert-OH is 1. The molecule has 0 aliphatic carbocycles. The maximum atomic E-state index is 13.0. The van der Waals surface area contributed by atoms with Crippen molar-refractivity contribution < 1.29 is 32.7 Å². The molecule has 1 saturated heterocycles. The molecule has 0 spiro atoms. The molecule has 160 valence electrons. The van der Waals surface area contributed by atoms with E-state index in [1.165, 1.54) is 4.31 Å². The number of aliphatic hydroxyl groups is 2. The molecule has 0 aromatic heterocycles. The number of β-amino-alcohol motifs (C(OH)–C–C–N with tert-alkyl or cyclic N) is 1. The summed E-state index contributed by atoms with van der Waals surface area (Å²) in [5.74, 6) is 0.358. The fourth-order valence-electron chi connectivity index (χ4n) is 3.01. The van der Waals surface area contributed by atoms with Crippen molar-refractivity contribution in [3.8, 4) is 11.8 Å². The molecule has 30 heavy (non-hydrogen) atoms. The van der Waals surface area contributed by atoms with Gasteiger partial charge in [0.1, 0.15) is 29.1 Å². The second-order valence-corrected chi connectivity index (χ2v) is 8.61. The molecule has 11 heteroatoms. The maximum absolute atomic E-state index is 13.0. The van der Waals surface area contributed by atoms with Crippen LogP contribution < -0.4 is 4.74 Å². The van der Waals surface area contributed by atoms with E-state index < -0.39 is 47.0 Å². The Bertz CT molecular complexity index is 954. The number of alkyl halides is 3. The minimum absolute atomic E-state index is 0.0990. The normalized spacial score (nSPS) is 23.2. The minimum Gasteiger partial charge on any atom is -0.593 e. The van der Waals surface area contributed by atoms with Gasteiger partial charge < -0.3 is 19.5 Å². The highest BCUT2D eigenvalue weighted by Crippen LogP contribution is 2.35. The minimum atomic E-state index is -4.64. The molecule has 0 amide bonds. The molecule has 1 aliphatic heterocycles. The number of ether oxygens (including phenoxy) is 1. The summed E-state index contributed by atoms with van der Waals surface area (Å²) < 4.78 is 58.6. The molecule has 3 atom stereocenters. The van der Waals surface area contributed by atoms with Crippen LogP contribution in [0.15, 0.2) is 47.4 Å². The molecule has 2 aromatic rings. The second-order valence-electron chi connectivity index (χ2n) is 6.71. The Kier molecular flexibility index (Phi) is 6.52. The van der Waals surface area contributed by atoms with Gasteiger partial charge in [0.15, 0.2) is 4.90 Å². The first-order chi connectivity index (χ1) is 14.1. The molecule has 1 heterocycles. The van der Waals surface area contributed by atoms with Crippen LogP contribution in [0, 0.1) is 11.3 Å². The highest BCUT2D eigenvalue weighted by Gasteiger charge is 2.51. The standard InChI is InChI=1S/C19H16ClF3N2O4S/c20-14-2-4-15(5-3-14)29-17-9-25(10-18(17,27)11-26)30(28)16-6-1-13(19(21,22)23)7-12(16)8-24/h1-7,17,26-27H,9-11H2/t17-,18?,30?/m0/s1. The van der Waals surface area contributed by atoms with Gasteiger partial charge in [-0.3, -0.25) is 0 Å². The third-order valence-electron chi connectivity index (χ3n) is 4.63. The zero-order valence-corrected chi connectivity index (χ0v) is 16.8. The Hall–Kier alpha value is -2.00. The lowest BCUT2D eigenvalue weighted by Crippen LogP contribution is -2.48. The topological polar surface area (TPSA) is 99.8 Å². The van der Waals surface area contributed by atoms with Crippen molar-refractivity contribution in [2.45, 2.75) is 22.8 Å². The van der Waals surface area contributed by atoms with Crippen LogP contribution in [0.3, 0.4) is 0 Å². The molecule has 1 aliphatic rings. The van der Waals surface area contributed by atoms with E-state index in [0.717, 1.165) is 12.1 Å². The Labute approximate surface area is 178 Å². The van der Waals surface area contributed by atoms with Gasteiger partial charge in [-0.2, -0.15) is 18.4 Å². The highest BCUT2D eigenvalue weighted by atomic mass is 35.5. The molecule has 2 unspecified atom stereocenters.